The van der Waals surface area contributed by atoms with Gasteiger partial charge in [0.15, 0.2) is 5.96 Å². The maximum absolute atomic E-state index is 12.2. The van der Waals surface area contributed by atoms with Gasteiger partial charge in [-0.2, -0.15) is 0 Å². The minimum atomic E-state index is -2.73. The fourth-order valence-corrected chi connectivity index (χ4v) is 2.58. The number of guanidine groups is 1. The highest BCUT2D eigenvalue weighted by molar-refractivity contribution is 5.96. The summed E-state index contributed by atoms with van der Waals surface area (Å²) >= 11 is 0. The first-order valence-corrected chi connectivity index (χ1v) is 8.39. The molecule has 1 saturated heterocycles. The van der Waals surface area contributed by atoms with E-state index in [2.05, 4.69) is 5.32 Å². The van der Waals surface area contributed by atoms with Crippen molar-refractivity contribution in [3.8, 4) is 0 Å². The zero-order valence-corrected chi connectivity index (χ0v) is 14.2. The first kappa shape index (κ1) is 15.0. The van der Waals surface area contributed by atoms with Gasteiger partial charge in [-0.05, 0) is 33.1 Å². The van der Waals surface area contributed by atoms with Crippen molar-refractivity contribution >= 4 is 17.8 Å². The Balaban J connectivity index is 2.86. The highest BCUT2D eigenvalue weighted by atomic mass is 16.6. The van der Waals surface area contributed by atoms with Gasteiger partial charge in [0.25, 0.3) is 0 Å². The number of ether oxygens (including phenoxy) is 1. The lowest BCUT2D eigenvalue weighted by atomic mass is 9.99. The topological polar surface area (TPSA) is 82.5 Å². The molecule has 6 nitrogen and oxygen atoms in total. The van der Waals surface area contributed by atoms with Gasteiger partial charge in [-0.3, -0.25) is 20.3 Å². The number of rotatable bonds is 0. The summed E-state index contributed by atoms with van der Waals surface area (Å²) in [4.78, 5) is 24.7. The van der Waals surface area contributed by atoms with Crippen LogP contribution in [0.5, 0.6) is 0 Å². The van der Waals surface area contributed by atoms with E-state index in [1.54, 1.807) is 13.8 Å². The molecule has 1 heterocycles. The number of esters is 1. The minimum Gasteiger partial charge on any atom is -0.458 e. The van der Waals surface area contributed by atoms with E-state index in [-0.39, 0.29) is 6.42 Å². The fourth-order valence-electron chi connectivity index (χ4n) is 2.58. The molecule has 1 aliphatic rings. The van der Waals surface area contributed by atoms with Gasteiger partial charge in [-0.1, -0.05) is 32.1 Å². The number of amides is 1. The molecule has 132 valence electrons. The molecule has 0 spiro atoms. The summed E-state index contributed by atoms with van der Waals surface area (Å²) in [5.41, 5.74) is -0.698. The molecular weight excluding hydrogens is 294 g/mol. The standard InChI is InChI=1S/C17H31N3O3/c1-17(2)12-10-8-6-4-5-7-9-11-14(21)19-16(18)20(3)13-15(22)23-17/h4-13H2,1-3H3,(H2,18,19,21)/i3D3. The van der Waals surface area contributed by atoms with Crippen molar-refractivity contribution < 1.29 is 18.4 Å². The van der Waals surface area contributed by atoms with Crippen LogP contribution in [-0.4, -0.2) is 41.9 Å². The molecule has 0 radical (unpaired) electrons. The van der Waals surface area contributed by atoms with E-state index in [0.29, 0.717) is 17.7 Å². The van der Waals surface area contributed by atoms with Gasteiger partial charge in [0.2, 0.25) is 5.91 Å². The Labute approximate surface area is 143 Å². The third-order valence-electron chi connectivity index (χ3n) is 3.89. The van der Waals surface area contributed by atoms with Gasteiger partial charge < -0.3 is 9.64 Å². The molecule has 2 N–H and O–H groups in total. The molecular formula is C17H31N3O3. The second-order valence-electron chi connectivity index (χ2n) is 6.69. The Morgan fingerprint density at radius 1 is 1.13 bits per heavy atom. The number of cyclic esters (lactones) is 1. The zero-order chi connectivity index (χ0) is 19.8. The van der Waals surface area contributed by atoms with E-state index in [1.165, 1.54) is 0 Å². The number of likely N-dealkylation sites (N-methyl/N-ethyl adjacent to an activating group) is 1. The largest absolute Gasteiger partial charge is 0.458 e. The summed E-state index contributed by atoms with van der Waals surface area (Å²) in [6.45, 7) is 0.257. The molecule has 0 aromatic rings. The average Bonchev–Trinajstić information content (AvgIpc) is 2.48. The van der Waals surface area contributed by atoms with E-state index >= 15 is 0 Å². The van der Waals surface area contributed by atoms with Crippen molar-refractivity contribution in [3.05, 3.63) is 0 Å². The molecule has 6 heteroatoms. The molecule has 1 amide bonds. The van der Waals surface area contributed by atoms with Crippen LogP contribution in [0.3, 0.4) is 0 Å². The summed E-state index contributed by atoms with van der Waals surface area (Å²) in [5, 5.41) is 10.2. The summed E-state index contributed by atoms with van der Waals surface area (Å²) in [6.07, 6.45) is 7.78. The van der Waals surface area contributed by atoms with Crippen molar-refractivity contribution in [3.63, 3.8) is 0 Å². The molecule has 0 aromatic heterocycles. The van der Waals surface area contributed by atoms with Crippen LogP contribution in [0, 0.1) is 5.41 Å². The molecule has 0 bridgehead atoms. The smallest absolute Gasteiger partial charge is 0.326 e. The normalized spacial score (nSPS) is 25.4. The van der Waals surface area contributed by atoms with Crippen LogP contribution in [0.25, 0.3) is 0 Å². The van der Waals surface area contributed by atoms with E-state index in [1.807, 2.05) is 0 Å². The third-order valence-corrected chi connectivity index (χ3v) is 3.89. The van der Waals surface area contributed by atoms with Gasteiger partial charge in [0, 0.05) is 17.5 Å². The maximum Gasteiger partial charge on any atom is 0.326 e. The fraction of sp³-hybridized carbons (Fsp3) is 0.824. The van der Waals surface area contributed by atoms with E-state index < -0.39 is 37.0 Å². The van der Waals surface area contributed by atoms with E-state index in [4.69, 9.17) is 14.3 Å². The van der Waals surface area contributed by atoms with Crippen LogP contribution in [0.2, 0.25) is 0 Å². The lowest BCUT2D eigenvalue weighted by Crippen LogP contribution is -2.44. The first-order chi connectivity index (χ1) is 12.0. The highest BCUT2D eigenvalue weighted by Crippen LogP contribution is 2.20. The quantitative estimate of drug-likeness (QED) is 0.670. The second kappa shape index (κ2) is 9.53. The van der Waals surface area contributed by atoms with E-state index in [9.17, 15) is 9.59 Å². The van der Waals surface area contributed by atoms with Crippen LogP contribution < -0.4 is 5.32 Å². The van der Waals surface area contributed by atoms with Crippen LogP contribution in [0.1, 0.15) is 75.7 Å². The van der Waals surface area contributed by atoms with Gasteiger partial charge in [0.1, 0.15) is 12.1 Å². The van der Waals surface area contributed by atoms with Gasteiger partial charge >= 0.3 is 5.97 Å². The molecule has 0 aromatic carbocycles. The van der Waals surface area contributed by atoms with Crippen LogP contribution in [-0.2, 0) is 14.3 Å². The van der Waals surface area contributed by atoms with Gasteiger partial charge in [0.05, 0.1) is 0 Å². The Bertz CT molecular complexity index is 507. The minimum absolute atomic E-state index is 0.231. The molecule has 23 heavy (non-hydrogen) atoms. The Morgan fingerprint density at radius 2 is 1.74 bits per heavy atom. The van der Waals surface area contributed by atoms with Crippen LogP contribution >= 0.6 is 0 Å². The molecule has 1 aliphatic heterocycles. The van der Waals surface area contributed by atoms with Crippen molar-refractivity contribution in [2.24, 2.45) is 0 Å². The SMILES string of the molecule is [2H]C([2H])([2H])N1CC(=O)OC(C)(C)CCCCCCCCCC(=O)NC1=N. The summed E-state index contributed by atoms with van der Waals surface area (Å²) < 4.78 is 28.0. The molecule has 0 atom stereocenters. The monoisotopic (exact) mass is 328 g/mol. The van der Waals surface area contributed by atoms with Crippen LogP contribution in [0.15, 0.2) is 0 Å². The van der Waals surface area contributed by atoms with Crippen molar-refractivity contribution in [2.75, 3.05) is 13.5 Å². The van der Waals surface area contributed by atoms with Gasteiger partial charge in [-0.15, -0.1) is 0 Å². The molecule has 1 fully saturated rings. The number of nitrogens with one attached hydrogen (secondary N) is 2. The Morgan fingerprint density at radius 3 is 2.39 bits per heavy atom. The Hall–Kier alpha value is -1.59. The number of hydrogen-bond donors (Lipinski definition) is 2. The van der Waals surface area contributed by atoms with Crippen molar-refractivity contribution in [2.45, 2.75) is 77.2 Å². The lowest BCUT2D eigenvalue weighted by molar-refractivity contribution is -0.157. The number of carbonyl (C=O) groups excluding carboxylic acids is 2. The van der Waals surface area contributed by atoms with Gasteiger partial charge in [-0.25, -0.2) is 0 Å². The van der Waals surface area contributed by atoms with Crippen molar-refractivity contribution in [1.82, 2.24) is 10.2 Å². The predicted molar refractivity (Wildman–Crippen MR) is 90.2 cm³/mol. The second-order valence-corrected chi connectivity index (χ2v) is 6.69. The maximum atomic E-state index is 12.2. The Kier molecular flexibility index (Phi) is 6.20. The molecule has 0 saturated carbocycles. The summed E-state index contributed by atoms with van der Waals surface area (Å²) in [6, 6.07) is 0. The molecule has 0 unspecified atom stereocenters. The summed E-state index contributed by atoms with van der Waals surface area (Å²) in [7, 11) is 0. The molecule has 0 aliphatic carbocycles. The average molecular weight is 328 g/mol. The van der Waals surface area contributed by atoms with E-state index in [0.717, 1.165) is 38.5 Å². The zero-order valence-electron chi connectivity index (χ0n) is 17.2. The number of carbonyl (C=O) groups is 2. The third kappa shape index (κ3) is 8.57. The predicted octanol–water partition coefficient (Wildman–Crippen LogP) is 2.82. The molecule has 1 rings (SSSR count). The highest BCUT2D eigenvalue weighted by Gasteiger charge is 2.23. The van der Waals surface area contributed by atoms with Crippen LogP contribution in [0.4, 0.5) is 0 Å². The summed E-state index contributed by atoms with van der Waals surface area (Å²) in [5.74, 6) is -1.74. The lowest BCUT2D eigenvalue weighted by Gasteiger charge is -2.27. The number of nitrogens with zero attached hydrogens (tertiary/aromatic N) is 1. The number of hydrogen-bond acceptors (Lipinski definition) is 4. The van der Waals surface area contributed by atoms with Crippen molar-refractivity contribution in [1.29, 1.82) is 5.41 Å². The first-order valence-electron chi connectivity index (χ1n) is 9.89.